The van der Waals surface area contributed by atoms with Gasteiger partial charge in [0.05, 0.1) is 30.3 Å². The number of fused-ring (bicyclic) bond motifs is 1. The SMILES string of the molecule is [C-]#[N+]c1ncc(CN(C)C(=O)c2ccc(-c3cccc(C#N)c3)c(OCC)c2)c2[nH]ncc12. The lowest BCUT2D eigenvalue weighted by Crippen LogP contribution is -2.26. The van der Waals surface area contributed by atoms with E-state index in [0.29, 0.717) is 40.9 Å². The van der Waals surface area contributed by atoms with Crippen LogP contribution in [-0.4, -0.2) is 39.6 Å². The number of nitrogens with zero attached hydrogens (tertiary/aromatic N) is 5. The molecule has 1 N–H and O–H groups in total. The van der Waals surface area contributed by atoms with E-state index < -0.39 is 0 Å². The van der Waals surface area contributed by atoms with Gasteiger partial charge in [0.1, 0.15) is 11.9 Å². The van der Waals surface area contributed by atoms with Crippen LogP contribution in [0, 0.1) is 17.9 Å². The minimum Gasteiger partial charge on any atom is -0.493 e. The van der Waals surface area contributed by atoms with Crippen molar-refractivity contribution in [3.8, 4) is 22.9 Å². The normalized spacial score (nSPS) is 10.4. The summed E-state index contributed by atoms with van der Waals surface area (Å²) in [6.07, 6.45) is 3.16. The fourth-order valence-corrected chi connectivity index (χ4v) is 3.66. The van der Waals surface area contributed by atoms with Crippen molar-refractivity contribution in [1.82, 2.24) is 20.1 Å². The minimum atomic E-state index is -0.185. The molecule has 0 atom stereocenters. The van der Waals surface area contributed by atoms with Crippen molar-refractivity contribution in [3.63, 3.8) is 0 Å². The molecular weight excluding hydrogens is 416 g/mol. The fraction of sp³-hybridized carbons (Fsp3) is 0.160. The van der Waals surface area contributed by atoms with Gasteiger partial charge in [-0.1, -0.05) is 18.7 Å². The van der Waals surface area contributed by atoms with E-state index in [1.165, 1.54) is 0 Å². The summed E-state index contributed by atoms with van der Waals surface area (Å²) < 4.78 is 5.82. The zero-order valence-electron chi connectivity index (χ0n) is 18.2. The van der Waals surface area contributed by atoms with Gasteiger partial charge in [0, 0.05) is 35.3 Å². The molecule has 4 rings (SSSR count). The van der Waals surface area contributed by atoms with Crippen LogP contribution in [0.1, 0.15) is 28.4 Å². The van der Waals surface area contributed by atoms with Crippen molar-refractivity contribution in [3.05, 3.63) is 83.0 Å². The van der Waals surface area contributed by atoms with Gasteiger partial charge < -0.3 is 14.5 Å². The van der Waals surface area contributed by atoms with Gasteiger partial charge in [0.2, 0.25) is 0 Å². The smallest absolute Gasteiger partial charge is 0.280 e. The number of carbonyl (C=O) groups is 1. The van der Waals surface area contributed by atoms with E-state index >= 15 is 0 Å². The van der Waals surface area contributed by atoms with E-state index in [1.54, 1.807) is 48.6 Å². The molecule has 1 amide bonds. The number of rotatable bonds is 6. The summed E-state index contributed by atoms with van der Waals surface area (Å²) in [6, 6.07) is 14.7. The zero-order valence-corrected chi connectivity index (χ0v) is 18.2. The Morgan fingerprint density at radius 3 is 2.88 bits per heavy atom. The number of carbonyl (C=O) groups excluding carboxylic acids is 1. The first-order chi connectivity index (χ1) is 16.0. The summed E-state index contributed by atoms with van der Waals surface area (Å²) in [6.45, 7) is 9.85. The van der Waals surface area contributed by atoms with Crippen molar-refractivity contribution in [2.75, 3.05) is 13.7 Å². The van der Waals surface area contributed by atoms with Crippen LogP contribution in [0.3, 0.4) is 0 Å². The van der Waals surface area contributed by atoms with Crippen LogP contribution in [0.2, 0.25) is 0 Å². The molecule has 0 radical (unpaired) electrons. The number of pyridine rings is 1. The van der Waals surface area contributed by atoms with E-state index in [2.05, 4.69) is 26.1 Å². The third kappa shape index (κ3) is 4.23. The first-order valence-electron chi connectivity index (χ1n) is 10.3. The van der Waals surface area contributed by atoms with E-state index in [4.69, 9.17) is 11.3 Å². The number of nitriles is 1. The minimum absolute atomic E-state index is 0.185. The average molecular weight is 436 g/mol. The summed E-state index contributed by atoms with van der Waals surface area (Å²) in [4.78, 5) is 22.4. The standard InChI is InChI=1S/C25H20N6O2/c1-4-33-22-11-18(8-9-20(22)17-7-5-6-16(10-17)12-26)25(32)31(3)15-19-13-28-24(27-2)21-14-29-30-23(19)21/h5-11,13-14H,4,15H2,1,3H3,(H,29,30). The number of aromatic nitrogens is 3. The molecule has 162 valence electrons. The molecule has 0 aliphatic rings. The van der Waals surface area contributed by atoms with Gasteiger partial charge >= 0.3 is 0 Å². The van der Waals surface area contributed by atoms with Crippen molar-refractivity contribution in [2.24, 2.45) is 0 Å². The van der Waals surface area contributed by atoms with Gasteiger partial charge in [-0.15, -0.1) is 4.98 Å². The monoisotopic (exact) mass is 436 g/mol. The Hall–Kier alpha value is -4.69. The molecule has 0 fully saturated rings. The summed E-state index contributed by atoms with van der Waals surface area (Å²) in [5.41, 5.74) is 4.15. The maximum Gasteiger partial charge on any atom is 0.280 e. The Balaban J connectivity index is 1.63. The number of nitrogens with one attached hydrogen (secondary N) is 1. The molecule has 8 heteroatoms. The second-order valence-electron chi connectivity index (χ2n) is 7.38. The number of aromatic amines is 1. The van der Waals surface area contributed by atoms with Crippen molar-refractivity contribution in [1.29, 1.82) is 5.26 Å². The summed E-state index contributed by atoms with van der Waals surface area (Å²) in [5.74, 6) is 0.662. The van der Waals surface area contributed by atoms with E-state index in [9.17, 15) is 10.1 Å². The largest absolute Gasteiger partial charge is 0.493 e. The van der Waals surface area contributed by atoms with Crippen LogP contribution < -0.4 is 4.74 Å². The van der Waals surface area contributed by atoms with Crippen molar-refractivity contribution >= 4 is 22.6 Å². The first-order valence-corrected chi connectivity index (χ1v) is 10.3. The quantitative estimate of drug-likeness (QED) is 0.441. The lowest BCUT2D eigenvalue weighted by molar-refractivity contribution is 0.0785. The van der Waals surface area contributed by atoms with E-state index in [-0.39, 0.29) is 11.7 Å². The third-order valence-corrected chi connectivity index (χ3v) is 5.24. The lowest BCUT2D eigenvalue weighted by atomic mass is 10.0. The number of hydrogen-bond acceptors (Lipinski definition) is 5. The van der Waals surface area contributed by atoms with Crippen LogP contribution in [-0.2, 0) is 6.54 Å². The van der Waals surface area contributed by atoms with Crippen LogP contribution in [0.5, 0.6) is 5.75 Å². The van der Waals surface area contributed by atoms with Gasteiger partial charge in [-0.2, -0.15) is 10.4 Å². The highest BCUT2D eigenvalue weighted by atomic mass is 16.5. The molecule has 2 aromatic heterocycles. The summed E-state index contributed by atoms with van der Waals surface area (Å²) in [5, 5.41) is 16.7. The number of hydrogen-bond donors (Lipinski definition) is 1. The van der Waals surface area contributed by atoms with Gasteiger partial charge in [0.25, 0.3) is 11.7 Å². The van der Waals surface area contributed by atoms with Crippen molar-refractivity contribution < 1.29 is 9.53 Å². The maximum atomic E-state index is 13.2. The molecule has 8 nitrogen and oxygen atoms in total. The predicted octanol–water partition coefficient (Wildman–Crippen LogP) is 4.72. The topological polar surface area (TPSA) is 99.3 Å². The molecule has 0 saturated carbocycles. The summed E-state index contributed by atoms with van der Waals surface area (Å²) >= 11 is 0. The van der Waals surface area contributed by atoms with Crippen LogP contribution in [0.25, 0.3) is 26.9 Å². The van der Waals surface area contributed by atoms with Crippen molar-refractivity contribution in [2.45, 2.75) is 13.5 Å². The highest BCUT2D eigenvalue weighted by molar-refractivity contribution is 5.96. The highest BCUT2D eigenvalue weighted by Crippen LogP contribution is 2.32. The fourth-order valence-electron chi connectivity index (χ4n) is 3.66. The van der Waals surface area contributed by atoms with Gasteiger partial charge in [-0.3, -0.25) is 9.89 Å². The molecule has 2 heterocycles. The van der Waals surface area contributed by atoms with Crippen LogP contribution in [0.4, 0.5) is 5.82 Å². The third-order valence-electron chi connectivity index (χ3n) is 5.24. The van der Waals surface area contributed by atoms with Crippen LogP contribution >= 0.6 is 0 Å². The van der Waals surface area contributed by atoms with Gasteiger partial charge in [-0.05, 0) is 42.8 Å². The molecule has 2 aromatic carbocycles. The molecule has 0 aliphatic heterocycles. The average Bonchev–Trinajstić information content (AvgIpc) is 3.34. The van der Waals surface area contributed by atoms with Gasteiger partial charge in [-0.25, -0.2) is 0 Å². The molecule has 0 spiro atoms. The first kappa shape index (κ1) is 21.5. The molecule has 0 unspecified atom stereocenters. The Bertz CT molecular complexity index is 1430. The molecule has 0 aliphatic carbocycles. The summed E-state index contributed by atoms with van der Waals surface area (Å²) in [7, 11) is 1.71. The molecule has 0 saturated heterocycles. The number of benzene rings is 2. The number of amides is 1. The second-order valence-corrected chi connectivity index (χ2v) is 7.38. The Labute approximate surface area is 190 Å². The number of ether oxygens (including phenoxy) is 1. The Morgan fingerprint density at radius 2 is 2.12 bits per heavy atom. The second kappa shape index (κ2) is 9.21. The van der Waals surface area contributed by atoms with Gasteiger partial charge in [0.15, 0.2) is 0 Å². The van der Waals surface area contributed by atoms with Crippen LogP contribution in [0.15, 0.2) is 54.9 Å². The number of H-pyrrole nitrogens is 1. The zero-order chi connectivity index (χ0) is 23.4. The van der Waals surface area contributed by atoms with E-state index in [0.717, 1.165) is 16.7 Å². The maximum absolute atomic E-state index is 13.2. The lowest BCUT2D eigenvalue weighted by Gasteiger charge is -2.19. The molecule has 4 aromatic rings. The van der Waals surface area contributed by atoms with E-state index in [1.807, 2.05) is 25.1 Å². The molecular formula is C25H20N6O2. The highest BCUT2D eigenvalue weighted by Gasteiger charge is 2.18. The molecule has 33 heavy (non-hydrogen) atoms. The molecule has 0 bridgehead atoms. The Kier molecular flexibility index (Phi) is 6.01. The Morgan fingerprint density at radius 1 is 1.27 bits per heavy atom. The predicted molar refractivity (Wildman–Crippen MR) is 124 cm³/mol.